The molecule has 1 aromatic carbocycles. The Hall–Kier alpha value is -1.35. The van der Waals surface area contributed by atoms with Crippen molar-refractivity contribution in [3.05, 3.63) is 29.3 Å². The van der Waals surface area contributed by atoms with E-state index in [4.69, 9.17) is 0 Å². The molecule has 21 heavy (non-hydrogen) atoms. The highest BCUT2D eigenvalue weighted by atomic mass is 16.2. The lowest BCUT2D eigenvalue weighted by atomic mass is 9.90. The normalized spacial score (nSPS) is 30.8. The van der Waals surface area contributed by atoms with Gasteiger partial charge in [0.2, 0.25) is 5.91 Å². The molecule has 0 bridgehead atoms. The third-order valence-corrected chi connectivity index (χ3v) is 5.68. The van der Waals surface area contributed by atoms with Crippen molar-refractivity contribution in [2.45, 2.75) is 51.0 Å². The van der Waals surface area contributed by atoms with Crippen LogP contribution in [0.3, 0.4) is 0 Å². The number of nitrogens with one attached hydrogen (secondary N) is 2. The second-order valence-corrected chi connectivity index (χ2v) is 6.88. The summed E-state index contributed by atoms with van der Waals surface area (Å²) in [5.74, 6) is 1.47. The van der Waals surface area contributed by atoms with Crippen LogP contribution in [0.5, 0.6) is 0 Å². The number of carbonyl (C=O) groups is 1. The molecule has 112 valence electrons. The zero-order valence-electron chi connectivity index (χ0n) is 12.5. The van der Waals surface area contributed by atoms with Crippen molar-refractivity contribution in [2.75, 3.05) is 11.9 Å². The van der Waals surface area contributed by atoms with E-state index in [0.717, 1.165) is 31.0 Å². The molecule has 2 fully saturated rings. The van der Waals surface area contributed by atoms with Crippen LogP contribution >= 0.6 is 0 Å². The predicted octanol–water partition coefficient (Wildman–Crippen LogP) is 2.89. The zero-order chi connectivity index (χ0) is 14.2. The Morgan fingerprint density at radius 2 is 2.05 bits per heavy atom. The van der Waals surface area contributed by atoms with E-state index >= 15 is 0 Å². The summed E-state index contributed by atoms with van der Waals surface area (Å²) in [6, 6.07) is 6.39. The lowest BCUT2D eigenvalue weighted by Gasteiger charge is -2.22. The molecule has 2 aliphatic carbocycles. The number of fused-ring (bicyclic) bond motifs is 2. The van der Waals surface area contributed by atoms with Gasteiger partial charge >= 0.3 is 0 Å². The Balaban J connectivity index is 1.52. The molecule has 3 nitrogen and oxygen atoms in total. The van der Waals surface area contributed by atoms with Crippen LogP contribution in [-0.2, 0) is 17.6 Å². The Morgan fingerprint density at radius 3 is 3.00 bits per heavy atom. The smallest absolute Gasteiger partial charge is 0.241 e. The van der Waals surface area contributed by atoms with Gasteiger partial charge in [-0.1, -0.05) is 18.6 Å². The maximum absolute atomic E-state index is 12.7. The van der Waals surface area contributed by atoms with Crippen molar-refractivity contribution in [3.63, 3.8) is 0 Å². The van der Waals surface area contributed by atoms with E-state index in [9.17, 15) is 4.79 Å². The summed E-state index contributed by atoms with van der Waals surface area (Å²) < 4.78 is 0. The molecular weight excluding hydrogens is 260 g/mol. The molecule has 1 saturated carbocycles. The predicted molar refractivity (Wildman–Crippen MR) is 84.3 cm³/mol. The van der Waals surface area contributed by atoms with Gasteiger partial charge in [0.1, 0.15) is 0 Å². The Kier molecular flexibility index (Phi) is 3.46. The number of amides is 1. The largest absolute Gasteiger partial charge is 0.324 e. The molecule has 3 heteroatoms. The van der Waals surface area contributed by atoms with E-state index in [1.807, 2.05) is 0 Å². The van der Waals surface area contributed by atoms with Crippen LogP contribution in [0.1, 0.15) is 43.2 Å². The van der Waals surface area contributed by atoms with Crippen molar-refractivity contribution in [1.82, 2.24) is 5.32 Å². The number of aryl methyl sites for hydroxylation is 1. The minimum atomic E-state index is 0.0250. The van der Waals surface area contributed by atoms with Crippen LogP contribution in [0.15, 0.2) is 18.2 Å². The highest BCUT2D eigenvalue weighted by molar-refractivity contribution is 5.96. The van der Waals surface area contributed by atoms with Gasteiger partial charge in [0.15, 0.2) is 0 Å². The third-order valence-electron chi connectivity index (χ3n) is 5.68. The number of hydrogen-bond donors (Lipinski definition) is 2. The third kappa shape index (κ3) is 2.38. The molecule has 1 amide bonds. The summed E-state index contributed by atoms with van der Waals surface area (Å²) in [7, 11) is 0. The molecule has 1 aromatic rings. The van der Waals surface area contributed by atoms with Crippen LogP contribution < -0.4 is 10.6 Å². The van der Waals surface area contributed by atoms with E-state index in [-0.39, 0.29) is 11.9 Å². The topological polar surface area (TPSA) is 41.1 Å². The maximum atomic E-state index is 12.7. The highest BCUT2D eigenvalue weighted by Gasteiger charge is 2.42. The standard InChI is InChI=1S/C18H24N2O/c21-18(17-15-9-3-7-13(15)11-19-17)20-16-10-4-6-12-5-1-2-8-14(12)16/h4,6,10,13,15,17,19H,1-3,5,7-9,11H2,(H,20,21). The minimum Gasteiger partial charge on any atom is -0.324 e. The van der Waals surface area contributed by atoms with Crippen molar-refractivity contribution < 1.29 is 4.79 Å². The zero-order valence-corrected chi connectivity index (χ0v) is 12.5. The molecule has 2 N–H and O–H groups in total. The Bertz CT molecular complexity index is 554. The highest BCUT2D eigenvalue weighted by Crippen LogP contribution is 2.38. The average molecular weight is 284 g/mol. The van der Waals surface area contributed by atoms with E-state index in [0.29, 0.717) is 5.92 Å². The van der Waals surface area contributed by atoms with Gasteiger partial charge in [-0.15, -0.1) is 0 Å². The lowest BCUT2D eigenvalue weighted by Crippen LogP contribution is -2.40. The number of rotatable bonds is 2. The second-order valence-electron chi connectivity index (χ2n) is 6.88. The van der Waals surface area contributed by atoms with Gasteiger partial charge in [0.05, 0.1) is 6.04 Å². The SMILES string of the molecule is O=C(Nc1cccc2c1CCCC2)C1NCC2CCCC21. The van der Waals surface area contributed by atoms with Gasteiger partial charge < -0.3 is 10.6 Å². The number of carbonyl (C=O) groups excluding carboxylic acids is 1. The molecule has 1 aliphatic heterocycles. The fraction of sp³-hybridized carbons (Fsp3) is 0.611. The summed E-state index contributed by atoms with van der Waals surface area (Å²) >= 11 is 0. The van der Waals surface area contributed by atoms with Gasteiger partial charge in [0.25, 0.3) is 0 Å². The first-order valence-electron chi connectivity index (χ1n) is 8.48. The molecule has 0 radical (unpaired) electrons. The van der Waals surface area contributed by atoms with Crippen LogP contribution in [0.4, 0.5) is 5.69 Å². The number of benzene rings is 1. The van der Waals surface area contributed by atoms with Crippen molar-refractivity contribution in [3.8, 4) is 0 Å². The second kappa shape index (κ2) is 5.45. The van der Waals surface area contributed by atoms with Gasteiger partial charge in [-0.05, 0) is 74.1 Å². The summed E-state index contributed by atoms with van der Waals surface area (Å²) in [5, 5.41) is 6.67. The fourth-order valence-electron chi connectivity index (χ4n) is 4.58. The molecular formula is C18H24N2O. The van der Waals surface area contributed by atoms with Crippen LogP contribution in [-0.4, -0.2) is 18.5 Å². The first kappa shape index (κ1) is 13.3. The average Bonchev–Trinajstić information content (AvgIpc) is 3.10. The number of hydrogen-bond acceptors (Lipinski definition) is 2. The molecule has 1 saturated heterocycles. The maximum Gasteiger partial charge on any atom is 0.241 e. The van der Waals surface area contributed by atoms with Gasteiger partial charge in [0, 0.05) is 5.69 Å². The molecule has 3 atom stereocenters. The summed E-state index contributed by atoms with van der Waals surface area (Å²) in [6.07, 6.45) is 8.58. The van der Waals surface area contributed by atoms with Crippen LogP contribution in [0, 0.1) is 11.8 Å². The molecule has 0 spiro atoms. The van der Waals surface area contributed by atoms with Crippen LogP contribution in [0.2, 0.25) is 0 Å². The van der Waals surface area contributed by atoms with Gasteiger partial charge in [-0.3, -0.25) is 4.79 Å². The molecule has 3 unspecified atom stereocenters. The first-order valence-corrected chi connectivity index (χ1v) is 8.48. The van der Waals surface area contributed by atoms with Crippen LogP contribution in [0.25, 0.3) is 0 Å². The molecule has 4 rings (SSSR count). The quantitative estimate of drug-likeness (QED) is 0.877. The van der Waals surface area contributed by atoms with E-state index in [2.05, 4.69) is 28.8 Å². The number of anilines is 1. The lowest BCUT2D eigenvalue weighted by molar-refractivity contribution is -0.118. The monoisotopic (exact) mass is 284 g/mol. The van der Waals surface area contributed by atoms with Gasteiger partial charge in [-0.2, -0.15) is 0 Å². The van der Waals surface area contributed by atoms with E-state index in [1.54, 1.807) is 0 Å². The van der Waals surface area contributed by atoms with Crippen molar-refractivity contribution in [1.29, 1.82) is 0 Å². The van der Waals surface area contributed by atoms with Crippen molar-refractivity contribution >= 4 is 11.6 Å². The fourth-order valence-corrected chi connectivity index (χ4v) is 4.58. The van der Waals surface area contributed by atoms with Gasteiger partial charge in [-0.25, -0.2) is 0 Å². The molecule has 1 heterocycles. The summed E-state index contributed by atoms with van der Waals surface area (Å²) in [4.78, 5) is 12.7. The summed E-state index contributed by atoms with van der Waals surface area (Å²) in [6.45, 7) is 1.02. The molecule has 0 aromatic heterocycles. The van der Waals surface area contributed by atoms with E-state index < -0.39 is 0 Å². The van der Waals surface area contributed by atoms with E-state index in [1.165, 1.54) is 43.2 Å². The summed E-state index contributed by atoms with van der Waals surface area (Å²) in [5.41, 5.74) is 3.86. The van der Waals surface area contributed by atoms with Crippen molar-refractivity contribution in [2.24, 2.45) is 11.8 Å². The minimum absolute atomic E-state index is 0.0250. The molecule has 3 aliphatic rings. The Morgan fingerprint density at radius 1 is 1.14 bits per heavy atom. The Labute approximate surface area is 126 Å². The first-order chi connectivity index (χ1) is 10.3.